The van der Waals surface area contributed by atoms with E-state index in [0.717, 1.165) is 21.7 Å². The molecular weight excluding hydrogens is 400 g/mol. The van der Waals surface area contributed by atoms with Crippen molar-refractivity contribution >= 4 is 28.9 Å². The normalized spacial score (nSPS) is 17.8. The largest absolute Gasteiger partial charge is 0.350 e. The molecule has 8 heteroatoms. The van der Waals surface area contributed by atoms with Gasteiger partial charge in [-0.15, -0.1) is 11.3 Å². The van der Waals surface area contributed by atoms with E-state index in [1.54, 1.807) is 11.3 Å². The monoisotopic (exact) mass is 428 g/mol. The first-order chi connectivity index (χ1) is 14.1. The lowest BCUT2D eigenvalue weighted by atomic mass is 9.86. The SMILES string of the molecule is Cc1ncsc1-c1ccc(CNC(=O)[C@@H]2CC(=O)CN2C(=O)[C@@H](N)C(C)(C)C)cc1. The summed E-state index contributed by atoms with van der Waals surface area (Å²) in [6.07, 6.45) is 0.0258. The molecule has 1 aromatic carbocycles. The highest BCUT2D eigenvalue weighted by atomic mass is 32.1. The summed E-state index contributed by atoms with van der Waals surface area (Å²) < 4.78 is 0. The number of rotatable bonds is 5. The van der Waals surface area contributed by atoms with E-state index in [4.69, 9.17) is 5.73 Å². The van der Waals surface area contributed by atoms with Gasteiger partial charge in [-0.2, -0.15) is 0 Å². The minimum absolute atomic E-state index is 0.0258. The molecule has 1 aliphatic rings. The smallest absolute Gasteiger partial charge is 0.243 e. The van der Waals surface area contributed by atoms with Crippen molar-refractivity contribution in [3.8, 4) is 10.4 Å². The van der Waals surface area contributed by atoms with Gasteiger partial charge in [0.15, 0.2) is 5.78 Å². The van der Waals surface area contributed by atoms with Crippen molar-refractivity contribution in [2.45, 2.75) is 52.7 Å². The Labute approximate surface area is 180 Å². The number of amides is 2. The third kappa shape index (κ3) is 4.76. The fourth-order valence-electron chi connectivity index (χ4n) is 3.37. The molecule has 0 radical (unpaired) electrons. The number of aromatic nitrogens is 1. The fraction of sp³-hybridized carbons (Fsp3) is 0.455. The average molecular weight is 429 g/mol. The van der Waals surface area contributed by atoms with Gasteiger partial charge in [-0.3, -0.25) is 14.4 Å². The molecule has 7 nitrogen and oxygen atoms in total. The summed E-state index contributed by atoms with van der Waals surface area (Å²) in [5.74, 6) is -0.829. The molecule has 160 valence electrons. The van der Waals surface area contributed by atoms with E-state index >= 15 is 0 Å². The second-order valence-electron chi connectivity index (χ2n) is 8.75. The number of ketones is 1. The first-order valence-electron chi connectivity index (χ1n) is 9.93. The molecule has 2 heterocycles. The number of nitrogens with zero attached hydrogens (tertiary/aromatic N) is 2. The summed E-state index contributed by atoms with van der Waals surface area (Å²) in [5.41, 5.74) is 10.4. The maximum atomic E-state index is 12.8. The van der Waals surface area contributed by atoms with Crippen molar-refractivity contribution in [3.63, 3.8) is 0 Å². The van der Waals surface area contributed by atoms with Gasteiger partial charge < -0.3 is 16.0 Å². The number of thiazole rings is 1. The molecule has 2 aromatic rings. The van der Waals surface area contributed by atoms with Crippen LogP contribution in [0.15, 0.2) is 29.8 Å². The first-order valence-corrected chi connectivity index (χ1v) is 10.8. The van der Waals surface area contributed by atoms with Gasteiger partial charge in [0.25, 0.3) is 0 Å². The molecule has 2 atom stereocenters. The lowest BCUT2D eigenvalue weighted by Gasteiger charge is -2.32. The van der Waals surface area contributed by atoms with E-state index in [-0.39, 0.29) is 30.6 Å². The highest BCUT2D eigenvalue weighted by Crippen LogP contribution is 2.27. The highest BCUT2D eigenvalue weighted by Gasteiger charge is 2.42. The number of hydrogen-bond donors (Lipinski definition) is 2. The standard InChI is InChI=1S/C22H28N4O3S/c1-13-18(30-12-25-13)15-7-5-14(6-8-15)10-24-20(28)17-9-16(27)11-26(17)21(29)19(23)22(2,3)4/h5-8,12,17,19H,9-11,23H2,1-4H3,(H,24,28)/t17-,19+/m0/s1. The van der Waals surface area contributed by atoms with Crippen LogP contribution in [0.2, 0.25) is 0 Å². The Hall–Kier alpha value is -2.58. The molecular formula is C22H28N4O3S. The van der Waals surface area contributed by atoms with Gasteiger partial charge in [-0.1, -0.05) is 45.0 Å². The number of Topliss-reactive ketones (excluding diaryl/α,β-unsaturated/α-hetero) is 1. The predicted octanol–water partition coefficient (Wildman–Crippen LogP) is 2.28. The van der Waals surface area contributed by atoms with Crippen molar-refractivity contribution in [2.75, 3.05) is 6.54 Å². The third-order valence-corrected chi connectivity index (χ3v) is 6.33. The molecule has 1 aromatic heterocycles. The van der Waals surface area contributed by atoms with Crippen molar-refractivity contribution in [3.05, 3.63) is 41.0 Å². The zero-order chi connectivity index (χ0) is 22.1. The summed E-state index contributed by atoms with van der Waals surface area (Å²) in [6, 6.07) is 6.32. The van der Waals surface area contributed by atoms with Crippen LogP contribution in [0.25, 0.3) is 10.4 Å². The Balaban J connectivity index is 1.64. The molecule has 0 aliphatic carbocycles. The number of nitrogens with two attached hydrogens (primary N) is 1. The van der Waals surface area contributed by atoms with Gasteiger partial charge >= 0.3 is 0 Å². The number of carbonyl (C=O) groups excluding carboxylic acids is 3. The van der Waals surface area contributed by atoms with Gasteiger partial charge in [-0.25, -0.2) is 4.98 Å². The number of likely N-dealkylation sites (tertiary alicyclic amines) is 1. The predicted molar refractivity (Wildman–Crippen MR) is 117 cm³/mol. The number of carbonyl (C=O) groups is 3. The number of aryl methyl sites for hydroxylation is 1. The molecule has 1 saturated heterocycles. The Kier molecular flexibility index (Phi) is 6.38. The van der Waals surface area contributed by atoms with Crippen molar-refractivity contribution in [1.29, 1.82) is 0 Å². The van der Waals surface area contributed by atoms with Crippen molar-refractivity contribution in [1.82, 2.24) is 15.2 Å². The Morgan fingerprint density at radius 1 is 1.30 bits per heavy atom. The summed E-state index contributed by atoms with van der Waals surface area (Å²) in [7, 11) is 0. The molecule has 0 bridgehead atoms. The summed E-state index contributed by atoms with van der Waals surface area (Å²) >= 11 is 1.59. The molecule has 2 amide bonds. The van der Waals surface area contributed by atoms with Crippen LogP contribution >= 0.6 is 11.3 Å². The maximum absolute atomic E-state index is 12.8. The van der Waals surface area contributed by atoms with Crippen LogP contribution < -0.4 is 11.1 Å². The van der Waals surface area contributed by atoms with Crippen LogP contribution in [0.4, 0.5) is 0 Å². The van der Waals surface area contributed by atoms with E-state index in [2.05, 4.69) is 10.3 Å². The maximum Gasteiger partial charge on any atom is 0.243 e. The zero-order valence-electron chi connectivity index (χ0n) is 17.8. The first kappa shape index (κ1) is 22.1. The molecule has 0 unspecified atom stereocenters. The van der Waals surface area contributed by atoms with Gasteiger partial charge in [0.05, 0.1) is 28.7 Å². The summed E-state index contributed by atoms with van der Waals surface area (Å²) in [6.45, 7) is 7.81. The van der Waals surface area contributed by atoms with Crippen molar-refractivity contribution in [2.24, 2.45) is 11.1 Å². The molecule has 3 N–H and O–H groups in total. The molecule has 1 fully saturated rings. The highest BCUT2D eigenvalue weighted by molar-refractivity contribution is 7.13. The van der Waals surface area contributed by atoms with E-state index in [9.17, 15) is 14.4 Å². The van der Waals surface area contributed by atoms with E-state index in [1.165, 1.54) is 4.90 Å². The van der Waals surface area contributed by atoms with Gasteiger partial charge in [-0.05, 0) is 23.5 Å². The van der Waals surface area contributed by atoms with Crippen LogP contribution in [0, 0.1) is 12.3 Å². The molecule has 0 spiro atoms. The minimum Gasteiger partial charge on any atom is -0.350 e. The Morgan fingerprint density at radius 2 is 1.97 bits per heavy atom. The van der Waals surface area contributed by atoms with Crippen LogP contribution in [0.5, 0.6) is 0 Å². The van der Waals surface area contributed by atoms with E-state index < -0.39 is 17.5 Å². The van der Waals surface area contributed by atoms with Crippen LogP contribution in [0.1, 0.15) is 38.4 Å². The van der Waals surface area contributed by atoms with E-state index in [1.807, 2.05) is 57.5 Å². The number of benzene rings is 1. The third-order valence-electron chi connectivity index (χ3n) is 5.36. The lowest BCUT2D eigenvalue weighted by molar-refractivity contribution is -0.141. The molecule has 0 saturated carbocycles. The quantitative estimate of drug-likeness (QED) is 0.760. The molecule has 3 rings (SSSR count). The van der Waals surface area contributed by atoms with Gasteiger partial charge in [0, 0.05) is 13.0 Å². The van der Waals surface area contributed by atoms with E-state index in [0.29, 0.717) is 6.54 Å². The van der Waals surface area contributed by atoms with Gasteiger partial charge in [0.2, 0.25) is 11.8 Å². The second-order valence-corrected chi connectivity index (χ2v) is 9.60. The number of hydrogen-bond acceptors (Lipinski definition) is 6. The molecule has 30 heavy (non-hydrogen) atoms. The van der Waals surface area contributed by atoms with Gasteiger partial charge in [0.1, 0.15) is 6.04 Å². The van der Waals surface area contributed by atoms with Crippen molar-refractivity contribution < 1.29 is 14.4 Å². The summed E-state index contributed by atoms with van der Waals surface area (Å²) in [5, 5.41) is 2.85. The second kappa shape index (κ2) is 8.65. The number of nitrogens with one attached hydrogen (secondary N) is 1. The lowest BCUT2D eigenvalue weighted by Crippen LogP contribution is -2.54. The fourth-order valence-corrected chi connectivity index (χ4v) is 4.18. The zero-order valence-corrected chi connectivity index (χ0v) is 18.6. The van der Waals surface area contributed by atoms with Crippen LogP contribution in [-0.2, 0) is 20.9 Å². The van der Waals surface area contributed by atoms with Crippen LogP contribution in [-0.4, -0.2) is 46.1 Å². The topological polar surface area (TPSA) is 105 Å². The summed E-state index contributed by atoms with van der Waals surface area (Å²) in [4.78, 5) is 44.2. The average Bonchev–Trinajstić information content (AvgIpc) is 3.30. The molecule has 1 aliphatic heterocycles. The Morgan fingerprint density at radius 3 is 2.53 bits per heavy atom. The minimum atomic E-state index is -0.808. The Bertz CT molecular complexity index is 946. The van der Waals surface area contributed by atoms with Crippen LogP contribution in [0.3, 0.4) is 0 Å².